The number of piperidine rings is 1. The van der Waals surface area contributed by atoms with E-state index in [-0.39, 0.29) is 12.1 Å². The highest BCUT2D eigenvalue weighted by molar-refractivity contribution is 7.13. The van der Waals surface area contributed by atoms with E-state index in [1.165, 1.54) is 6.92 Å². The molecule has 0 unspecified atom stereocenters. The highest BCUT2D eigenvalue weighted by Gasteiger charge is 2.22. The van der Waals surface area contributed by atoms with E-state index in [0.29, 0.717) is 5.56 Å². The molecule has 1 N–H and O–H groups in total. The first-order chi connectivity index (χ1) is 14.4. The Morgan fingerprint density at radius 1 is 1.30 bits per heavy atom. The van der Waals surface area contributed by atoms with Gasteiger partial charge in [-0.15, -0.1) is 11.3 Å². The van der Waals surface area contributed by atoms with E-state index in [1.807, 2.05) is 29.7 Å². The average Bonchev–Trinajstić information content (AvgIpc) is 3.33. The predicted molar refractivity (Wildman–Crippen MR) is 116 cm³/mol. The number of hydrogen-bond donors (Lipinski definition) is 1. The molecule has 0 saturated carbocycles. The van der Waals surface area contributed by atoms with Crippen molar-refractivity contribution in [2.75, 3.05) is 13.1 Å². The third-order valence-corrected chi connectivity index (χ3v) is 6.44. The molecule has 0 atom stereocenters. The summed E-state index contributed by atoms with van der Waals surface area (Å²) >= 11 is 1.57. The standard InChI is InChI=1S/C22H25N3O4S/c1-3-25-12-19(22(27)28)18-10-15(4-5-20(18)25)21-23-16(13-30-21)11-24-8-6-17(7-9-24)29-14(2)26/h4-5,10,12-13,17H,3,6-9,11H2,1-2H3,(H,27,28). The topological polar surface area (TPSA) is 84.7 Å². The molecule has 0 aliphatic carbocycles. The van der Waals surface area contributed by atoms with Crippen molar-refractivity contribution in [2.24, 2.45) is 0 Å². The Balaban J connectivity index is 1.49. The maximum Gasteiger partial charge on any atom is 0.337 e. The van der Waals surface area contributed by atoms with Gasteiger partial charge in [-0.1, -0.05) is 0 Å². The van der Waals surface area contributed by atoms with Crippen molar-refractivity contribution in [1.82, 2.24) is 14.5 Å². The van der Waals surface area contributed by atoms with Gasteiger partial charge < -0.3 is 14.4 Å². The molecule has 1 aliphatic rings. The second-order valence-electron chi connectivity index (χ2n) is 7.59. The van der Waals surface area contributed by atoms with Gasteiger partial charge in [0.15, 0.2) is 0 Å². The molecule has 0 bridgehead atoms. The first kappa shape index (κ1) is 20.6. The lowest BCUT2D eigenvalue weighted by Gasteiger charge is -2.30. The van der Waals surface area contributed by atoms with Gasteiger partial charge in [-0.2, -0.15) is 0 Å². The lowest BCUT2D eigenvalue weighted by atomic mass is 10.1. The van der Waals surface area contributed by atoms with Crippen LogP contribution >= 0.6 is 11.3 Å². The van der Waals surface area contributed by atoms with Crippen LogP contribution in [0.4, 0.5) is 0 Å². The number of hydrogen-bond acceptors (Lipinski definition) is 6. The van der Waals surface area contributed by atoms with Crippen LogP contribution < -0.4 is 0 Å². The fourth-order valence-corrected chi connectivity index (χ4v) is 4.83. The van der Waals surface area contributed by atoms with Crippen LogP contribution in [0.1, 0.15) is 42.7 Å². The molecule has 4 rings (SSSR count). The summed E-state index contributed by atoms with van der Waals surface area (Å²) in [5.74, 6) is -1.13. The van der Waals surface area contributed by atoms with Crippen molar-refractivity contribution < 1.29 is 19.4 Å². The van der Waals surface area contributed by atoms with Crippen LogP contribution in [0.2, 0.25) is 0 Å². The maximum atomic E-state index is 11.6. The minimum Gasteiger partial charge on any atom is -0.478 e. The summed E-state index contributed by atoms with van der Waals surface area (Å²) < 4.78 is 7.25. The zero-order valence-electron chi connectivity index (χ0n) is 17.1. The molecule has 3 heterocycles. The van der Waals surface area contributed by atoms with Gasteiger partial charge in [-0.25, -0.2) is 9.78 Å². The molecule has 3 aromatic rings. The number of carbonyl (C=O) groups excluding carboxylic acids is 1. The Labute approximate surface area is 178 Å². The van der Waals surface area contributed by atoms with E-state index in [4.69, 9.17) is 9.72 Å². The molecular weight excluding hydrogens is 402 g/mol. The summed E-state index contributed by atoms with van der Waals surface area (Å²) in [5.41, 5.74) is 3.18. The van der Waals surface area contributed by atoms with Gasteiger partial charge in [-0.05, 0) is 38.0 Å². The van der Waals surface area contributed by atoms with Crippen LogP contribution in [0, 0.1) is 0 Å². The van der Waals surface area contributed by atoms with Gasteiger partial charge in [0, 0.05) is 61.1 Å². The van der Waals surface area contributed by atoms with E-state index in [0.717, 1.165) is 66.2 Å². The van der Waals surface area contributed by atoms with Gasteiger partial charge in [0.25, 0.3) is 0 Å². The Hall–Kier alpha value is -2.71. The van der Waals surface area contributed by atoms with Crippen LogP contribution in [0.3, 0.4) is 0 Å². The van der Waals surface area contributed by atoms with Crippen molar-refractivity contribution in [3.05, 3.63) is 41.0 Å². The number of benzene rings is 1. The Morgan fingerprint density at radius 3 is 2.73 bits per heavy atom. The molecule has 1 aromatic carbocycles. The van der Waals surface area contributed by atoms with Gasteiger partial charge in [0.2, 0.25) is 0 Å². The van der Waals surface area contributed by atoms with Crippen molar-refractivity contribution in [3.63, 3.8) is 0 Å². The van der Waals surface area contributed by atoms with E-state index < -0.39 is 5.97 Å². The summed E-state index contributed by atoms with van der Waals surface area (Å²) in [4.78, 5) is 29.9. The summed E-state index contributed by atoms with van der Waals surface area (Å²) in [6, 6.07) is 5.91. The van der Waals surface area contributed by atoms with Crippen LogP contribution in [0.5, 0.6) is 0 Å². The van der Waals surface area contributed by atoms with Gasteiger partial charge >= 0.3 is 11.9 Å². The molecule has 0 amide bonds. The second-order valence-corrected chi connectivity index (χ2v) is 8.45. The van der Waals surface area contributed by atoms with Crippen LogP contribution in [-0.4, -0.2) is 50.7 Å². The molecule has 0 spiro atoms. The maximum absolute atomic E-state index is 11.6. The smallest absolute Gasteiger partial charge is 0.337 e. The number of ether oxygens (including phenoxy) is 1. The predicted octanol–water partition coefficient (Wildman–Crippen LogP) is 4.01. The molecule has 158 valence electrons. The molecular formula is C22H25N3O4S. The van der Waals surface area contributed by atoms with E-state index in [2.05, 4.69) is 10.3 Å². The number of rotatable bonds is 6. The lowest BCUT2D eigenvalue weighted by molar-refractivity contribution is -0.148. The monoisotopic (exact) mass is 427 g/mol. The van der Waals surface area contributed by atoms with Gasteiger partial charge in [0.05, 0.1) is 11.3 Å². The SMILES string of the molecule is CCn1cc(C(=O)O)c2cc(-c3nc(CN4CCC(OC(C)=O)CC4)cs3)ccc21. The first-order valence-electron chi connectivity index (χ1n) is 10.1. The number of nitrogens with zero attached hydrogens (tertiary/aromatic N) is 3. The van der Waals surface area contributed by atoms with Crippen molar-refractivity contribution in [2.45, 2.75) is 45.9 Å². The van der Waals surface area contributed by atoms with Crippen LogP contribution in [0.25, 0.3) is 21.5 Å². The van der Waals surface area contributed by atoms with Crippen LogP contribution in [-0.2, 0) is 22.6 Å². The second kappa shape index (κ2) is 8.57. The van der Waals surface area contributed by atoms with E-state index in [1.54, 1.807) is 17.5 Å². The van der Waals surface area contributed by atoms with Crippen molar-refractivity contribution in [3.8, 4) is 10.6 Å². The minimum absolute atomic E-state index is 0.0235. The zero-order valence-corrected chi connectivity index (χ0v) is 17.9. The summed E-state index contributed by atoms with van der Waals surface area (Å²) in [5, 5.41) is 13.2. The third kappa shape index (κ3) is 4.24. The number of thiazole rings is 1. The molecule has 1 aliphatic heterocycles. The Bertz CT molecular complexity index is 1080. The van der Waals surface area contributed by atoms with E-state index >= 15 is 0 Å². The van der Waals surface area contributed by atoms with E-state index in [9.17, 15) is 14.7 Å². The zero-order chi connectivity index (χ0) is 21.3. The number of likely N-dealkylation sites (tertiary alicyclic amines) is 1. The number of aromatic nitrogens is 2. The molecule has 1 fully saturated rings. The molecule has 8 heteroatoms. The summed E-state index contributed by atoms with van der Waals surface area (Å²) in [7, 11) is 0. The first-order valence-corrected chi connectivity index (χ1v) is 11.0. The summed E-state index contributed by atoms with van der Waals surface area (Å²) in [6.45, 7) is 6.70. The van der Waals surface area contributed by atoms with Crippen molar-refractivity contribution in [1.29, 1.82) is 0 Å². The molecule has 0 radical (unpaired) electrons. The van der Waals surface area contributed by atoms with Crippen LogP contribution in [0.15, 0.2) is 29.8 Å². The summed E-state index contributed by atoms with van der Waals surface area (Å²) in [6.07, 6.45) is 3.42. The average molecular weight is 428 g/mol. The Kier molecular flexibility index (Phi) is 5.87. The minimum atomic E-state index is -0.915. The quantitative estimate of drug-likeness (QED) is 0.599. The number of esters is 1. The number of aryl methyl sites for hydroxylation is 1. The fourth-order valence-electron chi connectivity index (χ4n) is 4.02. The highest BCUT2D eigenvalue weighted by Crippen LogP contribution is 2.30. The highest BCUT2D eigenvalue weighted by atomic mass is 32.1. The van der Waals surface area contributed by atoms with Crippen molar-refractivity contribution >= 4 is 34.2 Å². The number of carbonyl (C=O) groups is 2. The number of carboxylic acid groups (broad SMARTS) is 1. The lowest BCUT2D eigenvalue weighted by Crippen LogP contribution is -2.37. The molecule has 1 saturated heterocycles. The largest absolute Gasteiger partial charge is 0.478 e. The number of fused-ring (bicyclic) bond motifs is 1. The molecule has 2 aromatic heterocycles. The van der Waals surface area contributed by atoms with Gasteiger partial charge in [0.1, 0.15) is 11.1 Å². The normalized spacial score (nSPS) is 15.5. The fraction of sp³-hybridized carbons (Fsp3) is 0.409. The number of aromatic carboxylic acids is 1. The molecule has 30 heavy (non-hydrogen) atoms. The third-order valence-electron chi connectivity index (χ3n) is 5.50. The Morgan fingerprint density at radius 2 is 2.07 bits per heavy atom. The number of carboxylic acids is 1. The molecule has 7 nitrogen and oxygen atoms in total. The van der Waals surface area contributed by atoms with Gasteiger partial charge in [-0.3, -0.25) is 9.69 Å².